The molecule has 2 rings (SSSR count). The van der Waals surface area contributed by atoms with Gasteiger partial charge >= 0.3 is 0 Å². The van der Waals surface area contributed by atoms with Crippen molar-refractivity contribution in [3.05, 3.63) is 18.0 Å². The molecule has 0 radical (unpaired) electrons. The van der Waals surface area contributed by atoms with Crippen molar-refractivity contribution in [2.75, 3.05) is 0 Å². The number of aryl methyl sites for hydroxylation is 1. The van der Waals surface area contributed by atoms with Crippen LogP contribution in [0.2, 0.25) is 0 Å². The van der Waals surface area contributed by atoms with E-state index in [9.17, 15) is 0 Å². The maximum atomic E-state index is 4.16. The van der Waals surface area contributed by atoms with Crippen LogP contribution in [0.15, 0.2) is 12.3 Å². The Morgan fingerprint density at radius 1 is 1.57 bits per heavy atom. The number of rotatable bonds is 4. The second-order valence-corrected chi connectivity index (χ2v) is 4.29. The highest BCUT2D eigenvalue weighted by Crippen LogP contribution is 2.34. The largest absolute Gasteiger partial charge is 0.306 e. The zero-order valence-corrected chi connectivity index (χ0v) is 9.08. The van der Waals surface area contributed by atoms with Crippen molar-refractivity contribution in [2.24, 2.45) is 7.05 Å². The van der Waals surface area contributed by atoms with Gasteiger partial charge in [0.1, 0.15) is 0 Å². The lowest BCUT2D eigenvalue weighted by molar-refractivity contribution is 0.174. The molecule has 78 valence electrons. The third-order valence-corrected chi connectivity index (χ3v) is 3.55. The van der Waals surface area contributed by atoms with Gasteiger partial charge in [-0.15, -0.1) is 0 Å². The highest BCUT2D eigenvalue weighted by Gasteiger charge is 2.34. The van der Waals surface area contributed by atoms with Crippen molar-refractivity contribution < 1.29 is 0 Å². The smallest absolute Gasteiger partial charge is 0.0518 e. The molecule has 0 aliphatic heterocycles. The molecule has 1 aliphatic carbocycles. The molecule has 0 spiro atoms. The zero-order chi connectivity index (χ0) is 10.0. The van der Waals surface area contributed by atoms with E-state index in [1.165, 1.54) is 31.4 Å². The Morgan fingerprint density at radius 3 is 2.79 bits per heavy atom. The van der Waals surface area contributed by atoms with E-state index in [0.717, 1.165) is 6.54 Å². The van der Waals surface area contributed by atoms with E-state index in [4.69, 9.17) is 0 Å². The van der Waals surface area contributed by atoms with E-state index in [1.54, 1.807) is 0 Å². The van der Waals surface area contributed by atoms with Gasteiger partial charge in [0.25, 0.3) is 0 Å². The summed E-state index contributed by atoms with van der Waals surface area (Å²) in [6.07, 6.45) is 7.15. The summed E-state index contributed by atoms with van der Waals surface area (Å²) in [5, 5.41) is 7.83. The molecular weight excluding hydrogens is 174 g/mol. The number of nitrogens with zero attached hydrogens (tertiary/aromatic N) is 2. The van der Waals surface area contributed by atoms with Crippen molar-refractivity contribution in [3.8, 4) is 0 Å². The molecule has 1 aromatic heterocycles. The van der Waals surface area contributed by atoms with Gasteiger partial charge in [-0.3, -0.25) is 4.68 Å². The molecule has 0 aromatic carbocycles. The SMILES string of the molecule is CCC1(NCc2ccnn2C)CCC1. The maximum absolute atomic E-state index is 4.16. The van der Waals surface area contributed by atoms with E-state index >= 15 is 0 Å². The number of hydrogen-bond acceptors (Lipinski definition) is 2. The average molecular weight is 193 g/mol. The van der Waals surface area contributed by atoms with Crippen molar-refractivity contribution in [3.63, 3.8) is 0 Å². The quantitative estimate of drug-likeness (QED) is 0.790. The maximum Gasteiger partial charge on any atom is 0.0518 e. The zero-order valence-electron chi connectivity index (χ0n) is 9.08. The molecule has 1 aromatic rings. The van der Waals surface area contributed by atoms with Gasteiger partial charge in [-0.2, -0.15) is 5.10 Å². The molecule has 0 atom stereocenters. The molecule has 1 heterocycles. The van der Waals surface area contributed by atoms with E-state index < -0.39 is 0 Å². The van der Waals surface area contributed by atoms with E-state index in [0.29, 0.717) is 5.54 Å². The average Bonchev–Trinajstić information content (AvgIpc) is 2.51. The summed E-state index contributed by atoms with van der Waals surface area (Å²) in [4.78, 5) is 0. The molecule has 0 amide bonds. The Labute approximate surface area is 85.5 Å². The molecule has 14 heavy (non-hydrogen) atoms. The Balaban J connectivity index is 1.90. The fraction of sp³-hybridized carbons (Fsp3) is 0.727. The van der Waals surface area contributed by atoms with Gasteiger partial charge in [-0.25, -0.2) is 0 Å². The summed E-state index contributed by atoms with van der Waals surface area (Å²) in [6.45, 7) is 3.22. The Bertz CT molecular complexity index is 294. The molecule has 1 N–H and O–H groups in total. The van der Waals surface area contributed by atoms with Crippen LogP contribution >= 0.6 is 0 Å². The van der Waals surface area contributed by atoms with Crippen LogP contribution in [0.25, 0.3) is 0 Å². The second kappa shape index (κ2) is 3.73. The molecular formula is C11H19N3. The van der Waals surface area contributed by atoms with Crippen LogP contribution in [-0.2, 0) is 13.6 Å². The molecule has 3 heteroatoms. The molecule has 3 nitrogen and oxygen atoms in total. The number of hydrogen-bond donors (Lipinski definition) is 1. The Hall–Kier alpha value is -0.830. The van der Waals surface area contributed by atoms with Gasteiger partial charge < -0.3 is 5.32 Å². The molecule has 0 saturated heterocycles. The van der Waals surface area contributed by atoms with Gasteiger partial charge in [0.15, 0.2) is 0 Å². The van der Waals surface area contributed by atoms with Crippen molar-refractivity contribution >= 4 is 0 Å². The van der Waals surface area contributed by atoms with Gasteiger partial charge in [-0.1, -0.05) is 6.92 Å². The van der Waals surface area contributed by atoms with E-state index in [2.05, 4.69) is 23.4 Å². The molecule has 1 saturated carbocycles. The summed E-state index contributed by atoms with van der Waals surface area (Å²) in [5.41, 5.74) is 1.70. The molecule has 0 bridgehead atoms. The standard InChI is InChI=1S/C11H19N3/c1-3-11(6-4-7-11)12-9-10-5-8-13-14(10)2/h5,8,12H,3-4,6-7,9H2,1-2H3. The highest BCUT2D eigenvalue weighted by molar-refractivity contribution is 5.03. The first kappa shape index (κ1) is 9.71. The molecule has 1 aliphatic rings. The first-order valence-electron chi connectivity index (χ1n) is 5.48. The number of nitrogens with one attached hydrogen (secondary N) is 1. The summed E-state index contributed by atoms with van der Waals surface area (Å²) < 4.78 is 1.94. The summed E-state index contributed by atoms with van der Waals surface area (Å²) in [7, 11) is 2.00. The minimum atomic E-state index is 0.435. The fourth-order valence-electron chi connectivity index (χ4n) is 2.11. The third-order valence-electron chi connectivity index (χ3n) is 3.55. The first-order valence-corrected chi connectivity index (χ1v) is 5.48. The monoisotopic (exact) mass is 193 g/mol. The highest BCUT2D eigenvalue weighted by atomic mass is 15.3. The van der Waals surface area contributed by atoms with Gasteiger partial charge in [0, 0.05) is 25.3 Å². The summed E-state index contributed by atoms with van der Waals surface area (Å²) >= 11 is 0. The summed E-state index contributed by atoms with van der Waals surface area (Å²) in [6, 6.07) is 2.08. The second-order valence-electron chi connectivity index (χ2n) is 4.29. The molecule has 0 unspecified atom stereocenters. The van der Waals surface area contributed by atoms with Crippen molar-refractivity contribution in [1.82, 2.24) is 15.1 Å². The lowest BCUT2D eigenvalue weighted by atomic mass is 9.75. The Kier molecular flexibility index (Phi) is 2.59. The van der Waals surface area contributed by atoms with Crippen LogP contribution in [0.4, 0.5) is 0 Å². The van der Waals surface area contributed by atoms with Crippen molar-refractivity contribution in [1.29, 1.82) is 0 Å². The number of aromatic nitrogens is 2. The van der Waals surface area contributed by atoms with Gasteiger partial charge in [0.2, 0.25) is 0 Å². The van der Waals surface area contributed by atoms with Crippen LogP contribution in [0.5, 0.6) is 0 Å². The van der Waals surface area contributed by atoms with Crippen LogP contribution in [0.3, 0.4) is 0 Å². The minimum Gasteiger partial charge on any atom is -0.306 e. The van der Waals surface area contributed by atoms with Crippen LogP contribution in [0.1, 0.15) is 38.3 Å². The van der Waals surface area contributed by atoms with Gasteiger partial charge in [-0.05, 0) is 31.7 Å². The fourth-order valence-corrected chi connectivity index (χ4v) is 2.11. The third kappa shape index (κ3) is 1.69. The van der Waals surface area contributed by atoms with Crippen molar-refractivity contribution in [2.45, 2.75) is 44.7 Å². The first-order chi connectivity index (χ1) is 6.76. The molecule has 1 fully saturated rings. The van der Waals surface area contributed by atoms with Crippen LogP contribution < -0.4 is 5.32 Å². The normalized spacial score (nSPS) is 19.3. The minimum absolute atomic E-state index is 0.435. The summed E-state index contributed by atoms with van der Waals surface area (Å²) in [5.74, 6) is 0. The van der Waals surface area contributed by atoms with E-state index in [-0.39, 0.29) is 0 Å². The van der Waals surface area contributed by atoms with Crippen LogP contribution in [-0.4, -0.2) is 15.3 Å². The van der Waals surface area contributed by atoms with E-state index in [1.807, 2.05) is 17.9 Å². The van der Waals surface area contributed by atoms with Gasteiger partial charge in [0.05, 0.1) is 5.69 Å². The predicted molar refractivity (Wildman–Crippen MR) is 56.9 cm³/mol. The van der Waals surface area contributed by atoms with Crippen LogP contribution in [0, 0.1) is 0 Å². The predicted octanol–water partition coefficient (Wildman–Crippen LogP) is 1.84. The Morgan fingerprint density at radius 2 is 2.36 bits per heavy atom. The lowest BCUT2D eigenvalue weighted by Gasteiger charge is -2.42. The topological polar surface area (TPSA) is 29.9 Å². The lowest BCUT2D eigenvalue weighted by Crippen LogP contribution is -2.50.